The van der Waals surface area contributed by atoms with Gasteiger partial charge in [-0.1, -0.05) is 29.3 Å². The van der Waals surface area contributed by atoms with E-state index in [0.717, 1.165) is 5.56 Å². The number of hydrogen-bond acceptors (Lipinski definition) is 5. The zero-order valence-electron chi connectivity index (χ0n) is 13.2. The molecule has 26 heavy (non-hydrogen) atoms. The van der Waals surface area contributed by atoms with Gasteiger partial charge in [0.1, 0.15) is 5.75 Å². The number of ether oxygens (including phenoxy) is 1. The number of nitriles is 1. The summed E-state index contributed by atoms with van der Waals surface area (Å²) >= 11 is 13.2. The summed E-state index contributed by atoms with van der Waals surface area (Å²) in [6, 6.07) is 13.8. The molecule has 1 amide bonds. The molecule has 1 N–H and O–H groups in total. The third kappa shape index (κ3) is 4.52. The first-order valence-electron chi connectivity index (χ1n) is 7.39. The maximum absolute atomic E-state index is 12.0. The highest BCUT2D eigenvalue weighted by atomic mass is 35.5. The van der Waals surface area contributed by atoms with Crippen molar-refractivity contribution >= 4 is 45.6 Å². The Morgan fingerprint density at radius 1 is 1.19 bits per heavy atom. The summed E-state index contributed by atoms with van der Waals surface area (Å²) in [4.78, 5) is 16.4. The van der Waals surface area contributed by atoms with E-state index in [-0.39, 0.29) is 12.5 Å². The number of aromatic nitrogens is 1. The summed E-state index contributed by atoms with van der Waals surface area (Å²) in [5.74, 6) is 0.180. The fourth-order valence-electron chi connectivity index (χ4n) is 2.05. The average Bonchev–Trinajstić information content (AvgIpc) is 3.11. The lowest BCUT2D eigenvalue weighted by atomic mass is 10.2. The second-order valence-corrected chi connectivity index (χ2v) is 6.81. The number of nitrogens with one attached hydrogen (secondary N) is 1. The number of hydrogen-bond donors (Lipinski definition) is 1. The summed E-state index contributed by atoms with van der Waals surface area (Å²) in [7, 11) is 0. The van der Waals surface area contributed by atoms with E-state index < -0.39 is 0 Å². The van der Waals surface area contributed by atoms with Crippen molar-refractivity contribution in [2.24, 2.45) is 0 Å². The van der Waals surface area contributed by atoms with Crippen molar-refractivity contribution in [3.8, 4) is 23.1 Å². The fraction of sp³-hybridized carbons (Fsp3) is 0.0556. The van der Waals surface area contributed by atoms with Gasteiger partial charge in [-0.2, -0.15) is 5.26 Å². The quantitative estimate of drug-likeness (QED) is 0.649. The number of benzene rings is 2. The van der Waals surface area contributed by atoms with E-state index in [1.165, 1.54) is 11.3 Å². The van der Waals surface area contributed by atoms with Crippen LogP contribution in [0.2, 0.25) is 10.0 Å². The van der Waals surface area contributed by atoms with Gasteiger partial charge < -0.3 is 4.74 Å². The number of rotatable bonds is 5. The van der Waals surface area contributed by atoms with Gasteiger partial charge >= 0.3 is 0 Å². The van der Waals surface area contributed by atoms with E-state index in [0.29, 0.717) is 32.2 Å². The minimum Gasteiger partial charge on any atom is -0.484 e. The molecule has 0 aliphatic rings. The number of carbonyl (C=O) groups is 1. The van der Waals surface area contributed by atoms with Gasteiger partial charge in [-0.25, -0.2) is 4.98 Å². The van der Waals surface area contributed by atoms with Crippen LogP contribution in [0.3, 0.4) is 0 Å². The molecule has 5 nitrogen and oxygen atoms in total. The number of thiazole rings is 1. The van der Waals surface area contributed by atoms with Crippen molar-refractivity contribution in [2.75, 3.05) is 11.9 Å². The fourth-order valence-corrected chi connectivity index (χ4v) is 3.08. The van der Waals surface area contributed by atoms with Crippen molar-refractivity contribution in [1.29, 1.82) is 5.26 Å². The van der Waals surface area contributed by atoms with E-state index in [1.807, 2.05) is 17.5 Å². The highest BCUT2D eigenvalue weighted by molar-refractivity contribution is 7.14. The first-order chi connectivity index (χ1) is 12.5. The van der Waals surface area contributed by atoms with Gasteiger partial charge in [0.15, 0.2) is 11.7 Å². The molecule has 0 saturated heterocycles. The third-order valence-corrected chi connectivity index (χ3v) is 4.82. The molecule has 0 bridgehead atoms. The SMILES string of the molecule is N#Cc1ccc(OCC(=O)Nc2nc(-c3ccc(Cl)c(Cl)c3)cs2)cc1. The Bertz CT molecular complexity index is 981. The highest BCUT2D eigenvalue weighted by Gasteiger charge is 2.10. The maximum Gasteiger partial charge on any atom is 0.264 e. The van der Waals surface area contributed by atoms with Crippen LogP contribution in [0.25, 0.3) is 11.3 Å². The van der Waals surface area contributed by atoms with E-state index in [4.69, 9.17) is 33.2 Å². The highest BCUT2D eigenvalue weighted by Crippen LogP contribution is 2.30. The van der Waals surface area contributed by atoms with E-state index in [2.05, 4.69) is 10.3 Å². The van der Waals surface area contributed by atoms with Gasteiger partial charge in [0.25, 0.3) is 5.91 Å². The number of carbonyl (C=O) groups excluding carboxylic acids is 1. The first-order valence-corrected chi connectivity index (χ1v) is 9.02. The second kappa shape index (κ2) is 8.19. The van der Waals surface area contributed by atoms with Crippen molar-refractivity contribution in [2.45, 2.75) is 0 Å². The minimum absolute atomic E-state index is 0.159. The van der Waals surface area contributed by atoms with Gasteiger partial charge in [-0.15, -0.1) is 11.3 Å². The van der Waals surface area contributed by atoms with Crippen LogP contribution in [-0.2, 0) is 4.79 Å². The molecule has 8 heteroatoms. The first kappa shape index (κ1) is 18.2. The van der Waals surface area contributed by atoms with Crippen LogP contribution in [0.5, 0.6) is 5.75 Å². The van der Waals surface area contributed by atoms with Gasteiger partial charge in [-0.3, -0.25) is 10.1 Å². The molecule has 0 fully saturated rings. The lowest BCUT2D eigenvalue weighted by Gasteiger charge is -2.05. The summed E-state index contributed by atoms with van der Waals surface area (Å²) in [5, 5.41) is 14.6. The van der Waals surface area contributed by atoms with E-state index in [1.54, 1.807) is 36.4 Å². The Labute approximate surface area is 163 Å². The minimum atomic E-state index is -0.329. The van der Waals surface area contributed by atoms with Crippen LogP contribution in [-0.4, -0.2) is 17.5 Å². The van der Waals surface area contributed by atoms with Crippen LogP contribution < -0.4 is 10.1 Å². The van der Waals surface area contributed by atoms with Crippen molar-refractivity contribution in [1.82, 2.24) is 4.98 Å². The second-order valence-electron chi connectivity index (χ2n) is 5.14. The Balaban J connectivity index is 1.58. The lowest BCUT2D eigenvalue weighted by molar-refractivity contribution is -0.118. The lowest BCUT2D eigenvalue weighted by Crippen LogP contribution is -2.20. The number of nitrogens with zero attached hydrogens (tertiary/aromatic N) is 2. The molecule has 0 spiro atoms. The molecule has 130 valence electrons. The zero-order valence-corrected chi connectivity index (χ0v) is 15.5. The summed E-state index contributed by atoms with van der Waals surface area (Å²) in [6.07, 6.45) is 0. The van der Waals surface area contributed by atoms with Crippen molar-refractivity contribution in [3.05, 3.63) is 63.5 Å². The molecule has 3 rings (SSSR count). The molecule has 1 heterocycles. The topological polar surface area (TPSA) is 75.0 Å². The molecule has 0 aliphatic carbocycles. The average molecular weight is 404 g/mol. The molecule has 0 aliphatic heterocycles. The normalized spacial score (nSPS) is 10.2. The Kier molecular flexibility index (Phi) is 5.74. The Hall–Kier alpha value is -2.59. The molecule has 0 saturated carbocycles. The largest absolute Gasteiger partial charge is 0.484 e. The number of amides is 1. The van der Waals surface area contributed by atoms with Gasteiger partial charge in [0.05, 0.1) is 27.4 Å². The van der Waals surface area contributed by atoms with Gasteiger partial charge in [0.2, 0.25) is 0 Å². The predicted molar refractivity (Wildman–Crippen MR) is 103 cm³/mol. The number of halogens is 2. The van der Waals surface area contributed by atoms with Crippen LogP contribution in [0.4, 0.5) is 5.13 Å². The molecular formula is C18H11Cl2N3O2S. The summed E-state index contributed by atoms with van der Waals surface area (Å²) in [5.41, 5.74) is 2.03. The standard InChI is InChI=1S/C18H11Cl2N3O2S/c19-14-6-3-12(7-15(14)20)16-10-26-18(22-16)23-17(24)9-25-13-4-1-11(8-21)2-5-13/h1-7,10H,9H2,(H,22,23,24). The molecular weight excluding hydrogens is 393 g/mol. The summed E-state index contributed by atoms with van der Waals surface area (Å²) in [6.45, 7) is -0.159. The molecule has 0 atom stereocenters. The summed E-state index contributed by atoms with van der Waals surface area (Å²) < 4.78 is 5.38. The maximum atomic E-state index is 12.0. The molecule has 1 aromatic heterocycles. The number of anilines is 1. The van der Waals surface area contributed by atoms with Gasteiger partial charge in [-0.05, 0) is 36.4 Å². The smallest absolute Gasteiger partial charge is 0.264 e. The zero-order chi connectivity index (χ0) is 18.5. The monoisotopic (exact) mass is 403 g/mol. The Morgan fingerprint density at radius 2 is 1.96 bits per heavy atom. The molecule has 0 radical (unpaired) electrons. The molecule has 2 aromatic carbocycles. The van der Waals surface area contributed by atoms with Crippen molar-refractivity contribution in [3.63, 3.8) is 0 Å². The van der Waals surface area contributed by atoms with E-state index >= 15 is 0 Å². The van der Waals surface area contributed by atoms with Crippen LogP contribution in [0, 0.1) is 11.3 Å². The van der Waals surface area contributed by atoms with Crippen LogP contribution in [0.1, 0.15) is 5.56 Å². The van der Waals surface area contributed by atoms with Gasteiger partial charge in [0, 0.05) is 10.9 Å². The Morgan fingerprint density at radius 3 is 2.65 bits per heavy atom. The van der Waals surface area contributed by atoms with Crippen LogP contribution >= 0.6 is 34.5 Å². The predicted octanol–water partition coefficient (Wildman–Crippen LogP) is 5.01. The van der Waals surface area contributed by atoms with Crippen molar-refractivity contribution < 1.29 is 9.53 Å². The van der Waals surface area contributed by atoms with Crippen LogP contribution in [0.15, 0.2) is 47.8 Å². The molecule has 0 unspecified atom stereocenters. The third-order valence-electron chi connectivity index (χ3n) is 3.32. The van der Waals surface area contributed by atoms with E-state index in [9.17, 15) is 4.79 Å². The molecule has 3 aromatic rings.